The summed E-state index contributed by atoms with van der Waals surface area (Å²) in [6.45, 7) is 2.27. The summed E-state index contributed by atoms with van der Waals surface area (Å²) < 4.78 is 0. The Labute approximate surface area is 97.4 Å². The van der Waals surface area contributed by atoms with Crippen molar-refractivity contribution in [1.29, 1.82) is 0 Å². The molecule has 0 radical (unpaired) electrons. The molecule has 0 rings (SSSR count). The van der Waals surface area contributed by atoms with Crippen LogP contribution in [0.4, 0.5) is 0 Å². The number of thiol groups is 1. The summed E-state index contributed by atoms with van der Waals surface area (Å²) >= 11 is 8.21. The molecule has 0 spiro atoms. The lowest BCUT2D eigenvalue weighted by Gasteiger charge is -2.00. The Bertz CT molecular complexity index is 76.2. The van der Waals surface area contributed by atoms with Crippen molar-refractivity contribution >= 4 is 36.2 Å². The van der Waals surface area contributed by atoms with Crippen LogP contribution < -0.4 is 0 Å². The van der Waals surface area contributed by atoms with Crippen LogP contribution in [-0.2, 0) is 0 Å². The SMILES string of the molecule is CCCCCCSCCCSCS. The molecular formula is C10H22S3. The Morgan fingerprint density at radius 3 is 2.23 bits per heavy atom. The van der Waals surface area contributed by atoms with E-state index in [0.717, 1.165) is 5.08 Å². The predicted octanol–water partition coefficient (Wildman–Crippen LogP) is 4.31. The Morgan fingerprint density at radius 2 is 1.54 bits per heavy atom. The number of rotatable bonds is 10. The molecule has 0 amide bonds. The molecule has 0 N–H and O–H groups in total. The predicted molar refractivity (Wildman–Crippen MR) is 72.4 cm³/mol. The topological polar surface area (TPSA) is 0 Å². The van der Waals surface area contributed by atoms with Gasteiger partial charge in [0.2, 0.25) is 0 Å². The number of thioether (sulfide) groups is 2. The molecule has 0 aliphatic rings. The molecule has 0 aromatic heterocycles. The minimum atomic E-state index is 0.973. The Kier molecular flexibility index (Phi) is 14.1. The van der Waals surface area contributed by atoms with Gasteiger partial charge in [-0.25, -0.2) is 0 Å². The van der Waals surface area contributed by atoms with Crippen LogP contribution in [0.1, 0.15) is 39.0 Å². The molecule has 0 aliphatic carbocycles. The van der Waals surface area contributed by atoms with Gasteiger partial charge in [0.15, 0.2) is 0 Å². The second kappa shape index (κ2) is 13.1. The lowest BCUT2D eigenvalue weighted by molar-refractivity contribution is 0.706. The summed E-state index contributed by atoms with van der Waals surface area (Å²) in [6, 6.07) is 0. The van der Waals surface area contributed by atoms with E-state index in [1.54, 1.807) is 0 Å². The fourth-order valence-corrected chi connectivity index (χ4v) is 3.07. The molecule has 0 bridgehead atoms. The molecule has 0 unspecified atom stereocenters. The molecule has 0 aliphatic heterocycles. The van der Waals surface area contributed by atoms with E-state index in [-0.39, 0.29) is 0 Å². The molecule has 13 heavy (non-hydrogen) atoms. The molecule has 0 heterocycles. The second-order valence-corrected chi connectivity index (χ2v) is 6.14. The van der Waals surface area contributed by atoms with E-state index in [2.05, 4.69) is 31.3 Å². The van der Waals surface area contributed by atoms with Gasteiger partial charge in [-0.3, -0.25) is 0 Å². The molecule has 0 atom stereocenters. The van der Waals surface area contributed by atoms with Gasteiger partial charge in [0.1, 0.15) is 0 Å². The molecule has 0 aromatic rings. The van der Waals surface area contributed by atoms with E-state index in [1.807, 2.05) is 11.8 Å². The van der Waals surface area contributed by atoms with Crippen molar-refractivity contribution in [3.63, 3.8) is 0 Å². The third-order valence-corrected chi connectivity index (χ3v) is 4.27. The first-order chi connectivity index (χ1) is 6.41. The lowest BCUT2D eigenvalue weighted by atomic mass is 10.2. The van der Waals surface area contributed by atoms with Crippen LogP contribution in [0.5, 0.6) is 0 Å². The fraction of sp³-hybridized carbons (Fsp3) is 1.00. The molecule has 0 nitrogen and oxygen atoms in total. The lowest BCUT2D eigenvalue weighted by Crippen LogP contribution is -1.87. The van der Waals surface area contributed by atoms with Crippen LogP contribution in [0.25, 0.3) is 0 Å². The minimum Gasteiger partial charge on any atom is -0.168 e. The minimum absolute atomic E-state index is 0.973. The van der Waals surface area contributed by atoms with E-state index in [9.17, 15) is 0 Å². The summed E-state index contributed by atoms with van der Waals surface area (Å²) in [6.07, 6.45) is 6.95. The van der Waals surface area contributed by atoms with Crippen LogP contribution in [0, 0.1) is 0 Å². The average Bonchev–Trinajstić information content (AvgIpc) is 2.16. The molecule has 80 valence electrons. The van der Waals surface area contributed by atoms with Gasteiger partial charge in [-0.05, 0) is 30.1 Å². The van der Waals surface area contributed by atoms with Crippen molar-refractivity contribution in [1.82, 2.24) is 0 Å². The first-order valence-electron chi connectivity index (χ1n) is 5.18. The van der Waals surface area contributed by atoms with Crippen LogP contribution >= 0.6 is 36.2 Å². The Balaban J connectivity index is 2.76. The van der Waals surface area contributed by atoms with Gasteiger partial charge in [0.25, 0.3) is 0 Å². The number of hydrogen-bond acceptors (Lipinski definition) is 3. The van der Waals surface area contributed by atoms with E-state index in [4.69, 9.17) is 0 Å². The van der Waals surface area contributed by atoms with Gasteiger partial charge in [-0.15, -0.1) is 0 Å². The second-order valence-electron chi connectivity index (χ2n) is 3.06. The van der Waals surface area contributed by atoms with Crippen molar-refractivity contribution in [2.24, 2.45) is 0 Å². The number of unbranched alkanes of at least 4 members (excludes halogenated alkanes) is 3. The Morgan fingerprint density at radius 1 is 0.846 bits per heavy atom. The monoisotopic (exact) mass is 238 g/mol. The van der Waals surface area contributed by atoms with E-state index < -0.39 is 0 Å². The van der Waals surface area contributed by atoms with Gasteiger partial charge in [0.05, 0.1) is 0 Å². The first-order valence-corrected chi connectivity index (χ1v) is 8.12. The van der Waals surface area contributed by atoms with Gasteiger partial charge in [-0.2, -0.15) is 36.2 Å². The van der Waals surface area contributed by atoms with E-state index in [0.29, 0.717) is 0 Å². The summed E-state index contributed by atoms with van der Waals surface area (Å²) in [5.41, 5.74) is 0. The van der Waals surface area contributed by atoms with Crippen molar-refractivity contribution < 1.29 is 0 Å². The average molecular weight is 238 g/mol. The molecular weight excluding hydrogens is 216 g/mol. The zero-order valence-corrected chi connectivity index (χ0v) is 11.2. The third-order valence-electron chi connectivity index (χ3n) is 1.81. The van der Waals surface area contributed by atoms with Crippen LogP contribution in [-0.4, -0.2) is 22.3 Å². The molecule has 0 saturated carbocycles. The van der Waals surface area contributed by atoms with Crippen LogP contribution in [0.3, 0.4) is 0 Å². The zero-order valence-electron chi connectivity index (χ0n) is 8.63. The van der Waals surface area contributed by atoms with E-state index in [1.165, 1.54) is 49.4 Å². The van der Waals surface area contributed by atoms with Gasteiger partial charge in [-0.1, -0.05) is 26.2 Å². The van der Waals surface area contributed by atoms with Crippen molar-refractivity contribution in [3.05, 3.63) is 0 Å². The normalized spacial score (nSPS) is 10.6. The summed E-state index contributed by atoms with van der Waals surface area (Å²) in [7, 11) is 0. The highest BCUT2D eigenvalue weighted by Crippen LogP contribution is 2.11. The van der Waals surface area contributed by atoms with Gasteiger partial charge in [0, 0.05) is 5.08 Å². The third kappa shape index (κ3) is 13.1. The first kappa shape index (κ1) is 14.1. The Hall–Kier alpha value is 1.05. The van der Waals surface area contributed by atoms with Crippen molar-refractivity contribution in [2.45, 2.75) is 39.0 Å². The molecule has 3 heteroatoms. The summed E-state index contributed by atoms with van der Waals surface area (Å²) in [5, 5.41) is 0.973. The molecule has 0 saturated heterocycles. The zero-order chi connectivity index (χ0) is 9.78. The quantitative estimate of drug-likeness (QED) is 0.342. The maximum atomic E-state index is 4.16. The largest absolute Gasteiger partial charge is 0.168 e. The van der Waals surface area contributed by atoms with Crippen LogP contribution in [0.15, 0.2) is 0 Å². The van der Waals surface area contributed by atoms with Crippen molar-refractivity contribution in [3.8, 4) is 0 Å². The number of hydrogen-bond donors (Lipinski definition) is 1. The standard InChI is InChI=1S/C10H22S3/c1-2-3-4-5-7-12-8-6-9-13-10-11/h11H,2-10H2,1H3. The highest BCUT2D eigenvalue weighted by Gasteiger charge is 1.91. The summed E-state index contributed by atoms with van der Waals surface area (Å²) in [5.74, 6) is 3.99. The smallest absolute Gasteiger partial charge is 0.0361 e. The summed E-state index contributed by atoms with van der Waals surface area (Å²) in [4.78, 5) is 0. The van der Waals surface area contributed by atoms with Crippen LogP contribution in [0.2, 0.25) is 0 Å². The fourth-order valence-electron chi connectivity index (χ4n) is 1.06. The molecule has 0 fully saturated rings. The molecule has 0 aromatic carbocycles. The maximum absolute atomic E-state index is 4.16. The van der Waals surface area contributed by atoms with Gasteiger partial charge < -0.3 is 0 Å². The maximum Gasteiger partial charge on any atom is 0.0361 e. The van der Waals surface area contributed by atoms with Crippen molar-refractivity contribution in [2.75, 3.05) is 22.3 Å². The highest BCUT2D eigenvalue weighted by atomic mass is 32.2. The van der Waals surface area contributed by atoms with E-state index >= 15 is 0 Å². The van der Waals surface area contributed by atoms with Gasteiger partial charge >= 0.3 is 0 Å². The highest BCUT2D eigenvalue weighted by molar-refractivity contribution is 8.09.